The lowest BCUT2D eigenvalue weighted by Crippen LogP contribution is -2.66. The van der Waals surface area contributed by atoms with Gasteiger partial charge in [-0.15, -0.1) is 12.3 Å². The van der Waals surface area contributed by atoms with Crippen LogP contribution in [-0.2, 0) is 171 Å². The average molecular weight is 1840 g/mol. The Labute approximate surface area is 740 Å². The van der Waals surface area contributed by atoms with E-state index in [0.29, 0.717) is 45.1 Å². The van der Waals surface area contributed by atoms with Gasteiger partial charge in [0.05, 0.1) is 91.3 Å². The van der Waals surface area contributed by atoms with E-state index in [2.05, 4.69) is 75.5 Å². The Morgan fingerprint density at radius 3 is 1.08 bits per heavy atom. The summed E-state index contributed by atoms with van der Waals surface area (Å²) in [5.41, 5.74) is 0. The summed E-state index contributed by atoms with van der Waals surface area (Å²) in [5, 5.41) is 19.1. The second kappa shape index (κ2) is 59.2. The molecular weight excluding hydrogens is 1710 g/mol. The summed E-state index contributed by atoms with van der Waals surface area (Å²) in [4.78, 5) is 206. The van der Waals surface area contributed by atoms with Crippen molar-refractivity contribution in [2.45, 2.75) is 278 Å². The monoisotopic (exact) mass is 1840 g/mol. The lowest BCUT2D eigenvalue weighted by atomic mass is 9.87. The topological polar surface area (TPSA) is 548 Å². The molecule has 3 aliphatic heterocycles. The van der Waals surface area contributed by atoms with E-state index in [-0.39, 0.29) is 128 Å². The number of ether oxygens (including phenoxy) is 18. The number of nitrogens with zero attached hydrogens (tertiary/aromatic N) is 2. The van der Waals surface area contributed by atoms with Crippen LogP contribution in [0.15, 0.2) is 0 Å². The number of rotatable bonds is 56. The van der Waals surface area contributed by atoms with Gasteiger partial charge in [-0.3, -0.25) is 81.6 Å². The molecule has 17 unspecified atom stereocenters. The Balaban J connectivity index is 1.60. The third-order valence-corrected chi connectivity index (χ3v) is 21.2. The minimum absolute atomic E-state index is 0.00216. The predicted molar refractivity (Wildman–Crippen MR) is 439 cm³/mol. The largest absolute Gasteiger partial charge is 0.463 e. The van der Waals surface area contributed by atoms with Crippen molar-refractivity contribution in [3.63, 3.8) is 0 Å². The van der Waals surface area contributed by atoms with Crippen molar-refractivity contribution in [1.29, 1.82) is 0 Å². The highest BCUT2D eigenvalue weighted by Gasteiger charge is 2.55. The molecule has 3 saturated heterocycles. The molecule has 1 saturated carbocycles. The van der Waals surface area contributed by atoms with Crippen molar-refractivity contribution in [2.75, 3.05) is 125 Å². The summed E-state index contributed by atoms with van der Waals surface area (Å²) in [6, 6.07) is -4.86. The summed E-state index contributed by atoms with van der Waals surface area (Å²) < 4.78 is 117. The Bertz CT molecular complexity index is 3460. The summed E-state index contributed by atoms with van der Waals surface area (Å²) in [6.07, 6.45) is -7.74. The van der Waals surface area contributed by atoms with E-state index in [1.165, 1.54) is 25.7 Å². The minimum atomic E-state index is -1.46. The second-order valence-electron chi connectivity index (χ2n) is 30.5. The first-order chi connectivity index (χ1) is 60.2. The minimum Gasteiger partial charge on any atom is -0.463 e. The molecule has 17 atom stereocenters. The van der Waals surface area contributed by atoms with Crippen molar-refractivity contribution in [3.05, 3.63) is 0 Å². The molecule has 46 heteroatoms. The molecule has 0 radical (unpaired) electrons. The summed E-state index contributed by atoms with van der Waals surface area (Å²) in [5.74, 6) is -8.82. The molecule has 4 aliphatic rings. The molecule has 4 fully saturated rings. The zero-order chi connectivity index (χ0) is 94.4. The van der Waals surface area contributed by atoms with Gasteiger partial charge in [-0.25, -0.2) is 4.67 Å². The summed E-state index contributed by atoms with van der Waals surface area (Å²) in [6.45, 7) is 17.3. The third kappa shape index (κ3) is 42.4. The standard InChI is InChI=1S/C81H130N9O36P/c1-18-19-31-116-127(90(46(2)3)47(4)5)126-61-25-23-60(24-26-61)77(105)84-27-21-20-22-62(78(106)85-30-34-109-37-40-112-81-70(88-50(8)93)76(122-59(17)102)73(119-56(14)99)65(125-81)45-115-53(11)96)89(41-66(103)82-28-32-107-35-38-110-79-68(86-48(6)91)74(120-57(15)100)71(117-54(12)97)63(123-79)43-113-51(9)94)42-67(104)83-29-33-108-36-39-111-80-69(87-49(7)92)75(121-58(16)101)72(118-55(13)98)64(124-80)44-114-52(10)95/h1,46-47,60-65,68-76,79-81H,19-45H2,2-17H3,(H,82,103)(H,83,104)(H,84,105)(H,85,106)(H,86,91)(H,87,92)(H,88,93). The van der Waals surface area contributed by atoms with Gasteiger partial charge in [-0.2, -0.15) is 0 Å². The van der Waals surface area contributed by atoms with Gasteiger partial charge in [0, 0.05) is 134 Å². The van der Waals surface area contributed by atoms with Crippen molar-refractivity contribution >= 4 is 104 Å². The van der Waals surface area contributed by atoms with Crippen molar-refractivity contribution < 1.29 is 171 Å². The van der Waals surface area contributed by atoms with Crippen molar-refractivity contribution in [3.8, 4) is 12.3 Å². The Kier molecular flexibility index (Phi) is 51.5. The first kappa shape index (κ1) is 110. The van der Waals surface area contributed by atoms with E-state index in [4.69, 9.17) is 101 Å². The molecule has 127 heavy (non-hydrogen) atoms. The first-order valence-electron chi connectivity index (χ1n) is 42.1. The molecule has 0 aromatic carbocycles. The van der Waals surface area contributed by atoms with Crippen LogP contribution in [0.25, 0.3) is 0 Å². The smallest absolute Gasteiger partial charge is 0.303 e. The highest BCUT2D eigenvalue weighted by molar-refractivity contribution is 7.44. The number of carbonyl (C=O) groups excluding carboxylic acids is 16. The zero-order valence-corrected chi connectivity index (χ0v) is 76.1. The molecule has 0 spiro atoms. The average Bonchev–Trinajstić information content (AvgIpc) is 0.794. The molecular formula is C81H130N9O36P. The summed E-state index contributed by atoms with van der Waals surface area (Å²) in [7, 11) is -1.46. The van der Waals surface area contributed by atoms with Crippen LogP contribution in [0, 0.1) is 18.3 Å². The van der Waals surface area contributed by atoms with E-state index in [9.17, 15) is 76.7 Å². The number of hydrogen-bond acceptors (Lipinski definition) is 38. The highest BCUT2D eigenvalue weighted by Crippen LogP contribution is 2.49. The fraction of sp³-hybridized carbons (Fsp3) is 0.778. The van der Waals surface area contributed by atoms with Gasteiger partial charge >= 0.3 is 53.7 Å². The molecule has 45 nitrogen and oxygen atoms in total. The normalized spacial score (nSPS) is 24.4. The Hall–Kier alpha value is -9.01. The number of amides is 7. The lowest BCUT2D eigenvalue weighted by Gasteiger charge is -2.44. The Morgan fingerprint density at radius 1 is 0.409 bits per heavy atom. The van der Waals surface area contributed by atoms with Crippen LogP contribution in [0.3, 0.4) is 0 Å². The van der Waals surface area contributed by atoms with Crippen LogP contribution in [0.2, 0.25) is 0 Å². The molecule has 4 rings (SSSR count). The molecule has 0 aromatic heterocycles. The second-order valence-corrected chi connectivity index (χ2v) is 31.9. The Morgan fingerprint density at radius 2 is 0.756 bits per heavy atom. The number of unbranched alkanes of at least 4 members (excludes halogenated alkanes) is 1. The van der Waals surface area contributed by atoms with E-state index in [1.807, 2.05) is 0 Å². The fourth-order valence-electron chi connectivity index (χ4n) is 14.1. The molecule has 7 amide bonds. The zero-order valence-electron chi connectivity index (χ0n) is 75.3. The number of hydrogen-bond donors (Lipinski definition) is 7. The maximum Gasteiger partial charge on any atom is 0.303 e. The highest BCUT2D eigenvalue weighted by atomic mass is 31.2. The first-order valence-corrected chi connectivity index (χ1v) is 43.3. The van der Waals surface area contributed by atoms with E-state index in [0.717, 1.165) is 62.3 Å². The maximum atomic E-state index is 14.8. The van der Waals surface area contributed by atoms with Crippen LogP contribution in [-0.4, -0.2) is 346 Å². The molecule has 3 heterocycles. The van der Waals surface area contributed by atoms with Gasteiger partial charge in [0.2, 0.25) is 41.4 Å². The fourth-order valence-corrected chi connectivity index (χ4v) is 15.9. The number of esters is 9. The quantitative estimate of drug-likeness (QED) is 0.0130. The van der Waals surface area contributed by atoms with Gasteiger partial charge in [0.1, 0.15) is 56.3 Å². The number of terminal acetylenes is 1. The molecule has 1 aliphatic carbocycles. The molecule has 0 bridgehead atoms. The lowest BCUT2D eigenvalue weighted by molar-refractivity contribution is -0.279. The summed E-state index contributed by atoms with van der Waals surface area (Å²) >= 11 is 0. The van der Waals surface area contributed by atoms with Crippen LogP contribution in [0.1, 0.15) is 162 Å². The number of carbonyl (C=O) groups is 16. The van der Waals surface area contributed by atoms with E-state index in [1.54, 1.807) is 0 Å². The molecule has 7 N–H and O–H groups in total. The van der Waals surface area contributed by atoms with Crippen LogP contribution in [0.5, 0.6) is 0 Å². The van der Waals surface area contributed by atoms with Gasteiger partial charge in [-0.1, -0.05) is 0 Å². The third-order valence-electron chi connectivity index (χ3n) is 19.0. The van der Waals surface area contributed by atoms with Crippen LogP contribution in [0.4, 0.5) is 0 Å². The van der Waals surface area contributed by atoms with Gasteiger partial charge in [0.25, 0.3) is 8.53 Å². The number of nitrogens with one attached hydrogen (secondary N) is 7. The molecule has 0 aromatic rings. The van der Waals surface area contributed by atoms with Crippen molar-refractivity contribution in [2.24, 2.45) is 5.92 Å². The SMILES string of the molecule is C#CCCOP(OC1CCC(C(=O)NCCCCC(C(=O)NCCOCCOC2OC(COC(C)=O)C(OC(C)=O)C(OC(C)=O)C2NC(C)=O)N(CC(=O)NCCOCCOC2OC(COC(C)=O)C(OC(C)=O)C(OC(C)=O)C2NC(C)=O)CC(=O)NCCOCCOC2OC(COC(C)=O)C(OC(C)=O)C(OC(C)=O)C2NC(C)=O)CC1)N(C(C)C)C(C)C. The van der Waals surface area contributed by atoms with Gasteiger partial charge in [-0.05, 0) is 72.6 Å². The van der Waals surface area contributed by atoms with Crippen LogP contribution < -0.4 is 37.2 Å². The van der Waals surface area contributed by atoms with E-state index >= 15 is 0 Å². The van der Waals surface area contributed by atoms with Gasteiger partial charge < -0.3 is 132 Å². The maximum absolute atomic E-state index is 14.8. The molecule has 720 valence electrons. The predicted octanol–water partition coefficient (Wildman–Crippen LogP) is -0.679. The van der Waals surface area contributed by atoms with Gasteiger partial charge in [0.15, 0.2) is 55.5 Å². The van der Waals surface area contributed by atoms with Crippen LogP contribution >= 0.6 is 8.53 Å². The van der Waals surface area contributed by atoms with E-state index < -0.39 is 229 Å². The van der Waals surface area contributed by atoms with Crippen molar-refractivity contribution in [1.82, 2.24) is 46.8 Å².